The maximum absolute atomic E-state index is 13.1. The van der Waals surface area contributed by atoms with E-state index in [0.29, 0.717) is 42.2 Å². The number of hydrogen-bond acceptors (Lipinski definition) is 6. The second-order valence-electron chi connectivity index (χ2n) is 8.00. The van der Waals surface area contributed by atoms with Gasteiger partial charge in [-0.2, -0.15) is 0 Å². The SMILES string of the molecule is CCOc1cccc(C2/C(=C(\O)c3ccc(OC)c(Cl)c3)C(=O)C(=O)N2CCCN(C)C)c1. The average molecular weight is 473 g/mol. The molecule has 7 nitrogen and oxygen atoms in total. The van der Waals surface area contributed by atoms with Gasteiger partial charge in [-0.15, -0.1) is 0 Å². The van der Waals surface area contributed by atoms with E-state index in [4.69, 9.17) is 21.1 Å². The number of halogens is 1. The standard InChI is InChI=1S/C25H29ClN2O5/c1-5-33-18-9-6-8-16(14-18)22-21(23(29)17-10-11-20(32-4)19(26)15-17)24(30)25(31)28(22)13-7-12-27(2)3/h6,8-11,14-15,22,29H,5,7,12-13H2,1-4H3/b23-21+. The Morgan fingerprint density at radius 2 is 1.94 bits per heavy atom. The molecule has 0 bridgehead atoms. The first-order valence-corrected chi connectivity index (χ1v) is 11.2. The summed E-state index contributed by atoms with van der Waals surface area (Å²) in [6, 6.07) is 11.2. The Balaban J connectivity index is 2.12. The van der Waals surface area contributed by atoms with Crippen LogP contribution in [0.2, 0.25) is 5.02 Å². The highest BCUT2D eigenvalue weighted by Gasteiger charge is 2.46. The summed E-state index contributed by atoms with van der Waals surface area (Å²) in [5.74, 6) is -0.572. The monoisotopic (exact) mass is 472 g/mol. The van der Waals surface area contributed by atoms with Crippen LogP contribution in [0.5, 0.6) is 11.5 Å². The third-order valence-corrected chi connectivity index (χ3v) is 5.75. The second-order valence-corrected chi connectivity index (χ2v) is 8.41. The average Bonchev–Trinajstić information content (AvgIpc) is 3.04. The molecular weight excluding hydrogens is 444 g/mol. The number of methoxy groups -OCH3 is 1. The topological polar surface area (TPSA) is 79.3 Å². The minimum absolute atomic E-state index is 0.0275. The fourth-order valence-corrected chi connectivity index (χ4v) is 4.18. The number of likely N-dealkylation sites (tertiary alicyclic amines) is 1. The van der Waals surface area contributed by atoms with Crippen LogP contribution in [0.4, 0.5) is 0 Å². The lowest BCUT2D eigenvalue weighted by Crippen LogP contribution is -2.32. The van der Waals surface area contributed by atoms with Crippen molar-refractivity contribution in [3.63, 3.8) is 0 Å². The Hall–Kier alpha value is -3.03. The Morgan fingerprint density at radius 3 is 2.58 bits per heavy atom. The van der Waals surface area contributed by atoms with Crippen molar-refractivity contribution < 1.29 is 24.2 Å². The molecule has 1 aliphatic rings. The first-order chi connectivity index (χ1) is 15.8. The Kier molecular flexibility index (Phi) is 8.00. The van der Waals surface area contributed by atoms with Crippen molar-refractivity contribution >= 4 is 29.1 Å². The van der Waals surface area contributed by atoms with E-state index in [1.807, 2.05) is 44.1 Å². The first-order valence-electron chi connectivity index (χ1n) is 10.8. The van der Waals surface area contributed by atoms with Gasteiger partial charge >= 0.3 is 0 Å². The number of amides is 1. The zero-order valence-corrected chi connectivity index (χ0v) is 20.1. The third kappa shape index (κ3) is 5.31. The van der Waals surface area contributed by atoms with Crippen molar-refractivity contribution in [1.29, 1.82) is 0 Å². The molecule has 0 saturated carbocycles. The van der Waals surface area contributed by atoms with Gasteiger partial charge in [0.25, 0.3) is 11.7 Å². The van der Waals surface area contributed by atoms with Crippen LogP contribution in [0.25, 0.3) is 5.76 Å². The summed E-state index contributed by atoms with van der Waals surface area (Å²) in [7, 11) is 5.39. The van der Waals surface area contributed by atoms with Gasteiger partial charge in [0.05, 0.1) is 30.4 Å². The van der Waals surface area contributed by atoms with E-state index in [9.17, 15) is 14.7 Å². The molecule has 0 aromatic heterocycles. The molecule has 1 unspecified atom stereocenters. The molecule has 1 saturated heterocycles. The van der Waals surface area contributed by atoms with Gasteiger partial charge in [0, 0.05) is 12.1 Å². The number of carbonyl (C=O) groups is 2. The first kappa shape index (κ1) is 24.6. The minimum Gasteiger partial charge on any atom is -0.507 e. The number of ether oxygens (including phenoxy) is 2. The number of carbonyl (C=O) groups excluding carboxylic acids is 2. The highest BCUT2D eigenvalue weighted by atomic mass is 35.5. The molecule has 0 radical (unpaired) electrons. The molecule has 1 heterocycles. The molecular formula is C25H29ClN2O5. The molecule has 33 heavy (non-hydrogen) atoms. The summed E-state index contributed by atoms with van der Waals surface area (Å²) in [6.45, 7) is 3.49. The highest BCUT2D eigenvalue weighted by Crippen LogP contribution is 2.41. The van der Waals surface area contributed by atoms with Gasteiger partial charge in [0.2, 0.25) is 0 Å². The zero-order chi connectivity index (χ0) is 24.1. The summed E-state index contributed by atoms with van der Waals surface area (Å²) >= 11 is 6.24. The molecule has 1 fully saturated rings. The van der Waals surface area contributed by atoms with Crippen molar-refractivity contribution in [2.45, 2.75) is 19.4 Å². The molecule has 1 amide bonds. The fourth-order valence-electron chi connectivity index (χ4n) is 3.92. The van der Waals surface area contributed by atoms with Crippen molar-refractivity contribution in [2.24, 2.45) is 0 Å². The van der Waals surface area contributed by atoms with E-state index in [1.54, 1.807) is 18.2 Å². The molecule has 1 aliphatic heterocycles. The van der Waals surface area contributed by atoms with E-state index >= 15 is 0 Å². The van der Waals surface area contributed by atoms with Gasteiger partial charge in [-0.3, -0.25) is 9.59 Å². The van der Waals surface area contributed by atoms with E-state index in [1.165, 1.54) is 18.1 Å². The van der Waals surface area contributed by atoms with Gasteiger partial charge in [-0.25, -0.2) is 0 Å². The number of benzene rings is 2. The van der Waals surface area contributed by atoms with E-state index in [-0.39, 0.29) is 16.4 Å². The van der Waals surface area contributed by atoms with Crippen LogP contribution in [0, 0.1) is 0 Å². The van der Waals surface area contributed by atoms with Crippen LogP contribution in [-0.2, 0) is 9.59 Å². The van der Waals surface area contributed by atoms with Crippen molar-refractivity contribution in [2.75, 3.05) is 40.9 Å². The Labute approximate surface area is 199 Å². The summed E-state index contributed by atoms with van der Waals surface area (Å²) < 4.78 is 10.8. The van der Waals surface area contributed by atoms with Crippen molar-refractivity contribution in [3.8, 4) is 11.5 Å². The lowest BCUT2D eigenvalue weighted by molar-refractivity contribution is -0.139. The molecule has 1 atom stereocenters. The second kappa shape index (κ2) is 10.7. The van der Waals surface area contributed by atoms with Crippen LogP contribution < -0.4 is 9.47 Å². The molecule has 176 valence electrons. The normalized spacial score (nSPS) is 17.6. The smallest absolute Gasteiger partial charge is 0.295 e. The number of hydrogen-bond donors (Lipinski definition) is 1. The van der Waals surface area contributed by atoms with Crippen LogP contribution in [0.3, 0.4) is 0 Å². The fraction of sp³-hybridized carbons (Fsp3) is 0.360. The minimum atomic E-state index is -0.742. The maximum atomic E-state index is 13.1. The molecule has 0 aliphatic carbocycles. The quantitative estimate of drug-likeness (QED) is 0.336. The predicted molar refractivity (Wildman–Crippen MR) is 128 cm³/mol. The lowest BCUT2D eigenvalue weighted by Gasteiger charge is -2.26. The van der Waals surface area contributed by atoms with Crippen LogP contribution in [0.15, 0.2) is 48.0 Å². The third-order valence-electron chi connectivity index (χ3n) is 5.45. The number of aliphatic hydroxyl groups is 1. The molecule has 0 spiro atoms. The van der Waals surface area contributed by atoms with Gasteiger partial charge < -0.3 is 24.4 Å². The van der Waals surface area contributed by atoms with E-state index < -0.39 is 17.7 Å². The number of ketones is 1. The van der Waals surface area contributed by atoms with Gasteiger partial charge in [-0.1, -0.05) is 23.7 Å². The number of nitrogens with zero attached hydrogens (tertiary/aromatic N) is 2. The summed E-state index contributed by atoms with van der Waals surface area (Å²) in [6.07, 6.45) is 0.677. The van der Waals surface area contributed by atoms with Gasteiger partial charge in [0.1, 0.15) is 17.3 Å². The summed E-state index contributed by atoms with van der Waals surface area (Å²) in [5, 5.41) is 11.5. The van der Waals surface area contributed by atoms with Gasteiger partial charge in [-0.05, 0) is 69.9 Å². The van der Waals surface area contributed by atoms with Gasteiger partial charge in [0.15, 0.2) is 0 Å². The Morgan fingerprint density at radius 1 is 1.18 bits per heavy atom. The lowest BCUT2D eigenvalue weighted by atomic mass is 9.95. The number of rotatable bonds is 9. The van der Waals surface area contributed by atoms with E-state index in [0.717, 1.165) is 6.54 Å². The number of Topliss-reactive ketones (excluding diaryl/α,β-unsaturated/α-hetero) is 1. The van der Waals surface area contributed by atoms with Crippen molar-refractivity contribution in [3.05, 3.63) is 64.2 Å². The molecule has 3 rings (SSSR count). The predicted octanol–water partition coefficient (Wildman–Crippen LogP) is 4.12. The van der Waals surface area contributed by atoms with Crippen molar-refractivity contribution in [1.82, 2.24) is 9.80 Å². The van der Waals surface area contributed by atoms with Crippen LogP contribution >= 0.6 is 11.6 Å². The molecule has 1 N–H and O–H groups in total. The molecule has 8 heteroatoms. The summed E-state index contributed by atoms with van der Waals surface area (Å²) in [5.41, 5.74) is 1.05. The van der Waals surface area contributed by atoms with Crippen LogP contribution in [0.1, 0.15) is 30.5 Å². The zero-order valence-electron chi connectivity index (χ0n) is 19.3. The highest BCUT2D eigenvalue weighted by molar-refractivity contribution is 6.46. The molecule has 2 aromatic carbocycles. The van der Waals surface area contributed by atoms with Crippen LogP contribution in [-0.4, -0.2) is 67.5 Å². The number of aliphatic hydroxyl groups excluding tert-OH is 1. The maximum Gasteiger partial charge on any atom is 0.295 e. The molecule has 2 aromatic rings. The van der Waals surface area contributed by atoms with E-state index in [2.05, 4.69) is 0 Å². The Bertz CT molecular complexity index is 1070. The summed E-state index contributed by atoms with van der Waals surface area (Å²) in [4.78, 5) is 29.7. The largest absolute Gasteiger partial charge is 0.507 e.